The second-order valence-corrected chi connectivity index (χ2v) is 5.13. The molecule has 1 aliphatic rings. The Balaban J connectivity index is 2.41. The third kappa shape index (κ3) is 4.94. The van der Waals surface area contributed by atoms with Crippen molar-refractivity contribution in [1.82, 2.24) is 4.90 Å². The second-order valence-electron chi connectivity index (χ2n) is 4.71. The fourth-order valence-electron chi connectivity index (χ4n) is 2.23. The van der Waals surface area contributed by atoms with Gasteiger partial charge in [-0.3, -0.25) is 4.99 Å². The van der Waals surface area contributed by atoms with Crippen molar-refractivity contribution in [3.63, 3.8) is 0 Å². The van der Waals surface area contributed by atoms with Crippen molar-refractivity contribution < 1.29 is 10.0 Å². The Morgan fingerprint density at radius 3 is 2.74 bits per heavy atom. The lowest BCUT2D eigenvalue weighted by molar-refractivity contribution is 0.333. The number of nitrogens with two attached hydrogens (primary N) is 3. The summed E-state index contributed by atoms with van der Waals surface area (Å²) in [5.41, 5.74) is 16.5. The van der Waals surface area contributed by atoms with E-state index in [-0.39, 0.29) is 17.9 Å². The Morgan fingerprint density at radius 1 is 1.47 bits per heavy atom. The maximum Gasteiger partial charge on any atom is 0.475 e. The van der Waals surface area contributed by atoms with E-state index in [4.69, 9.17) is 29.4 Å². The number of thiocarbonyl (C=S) groups is 1. The molecule has 0 saturated carbocycles. The van der Waals surface area contributed by atoms with E-state index in [1.54, 1.807) is 0 Å². The number of rotatable bonds is 6. The van der Waals surface area contributed by atoms with Crippen molar-refractivity contribution in [2.75, 3.05) is 13.1 Å². The molecule has 0 spiro atoms. The van der Waals surface area contributed by atoms with Crippen LogP contribution in [-0.4, -0.2) is 58.1 Å². The lowest BCUT2D eigenvalue weighted by atomic mass is 9.78. The predicted molar refractivity (Wildman–Crippen MR) is 80.4 cm³/mol. The summed E-state index contributed by atoms with van der Waals surface area (Å²) in [5, 5.41) is 18.6. The second kappa shape index (κ2) is 7.64. The van der Waals surface area contributed by atoms with Gasteiger partial charge in [0.05, 0.1) is 17.0 Å². The number of aliphatic imine (C=N–C) groups is 1. The van der Waals surface area contributed by atoms with Gasteiger partial charge < -0.3 is 32.1 Å². The normalized spacial score (nSPS) is 20.2. The van der Waals surface area contributed by atoms with Crippen LogP contribution in [0.25, 0.3) is 0 Å². The van der Waals surface area contributed by atoms with Gasteiger partial charge in [-0.1, -0.05) is 12.2 Å². The quantitative estimate of drug-likeness (QED) is 0.127. The standard InChI is InChI=1S/C10H22BN5O2S/c12-7(3-1-5-15-10(13)14)9(19)16-6-2-4-8(16)11(17)18/h7-8,17-18H,1-6,12H2,(H4,13,14,15)/t7-,8-/m0/s1. The molecule has 108 valence electrons. The Kier molecular flexibility index (Phi) is 6.49. The highest BCUT2D eigenvalue weighted by atomic mass is 32.1. The highest BCUT2D eigenvalue weighted by Gasteiger charge is 2.36. The van der Waals surface area contributed by atoms with Crippen LogP contribution in [-0.2, 0) is 0 Å². The molecule has 0 aliphatic carbocycles. The molecular weight excluding hydrogens is 265 g/mol. The fraction of sp³-hybridized carbons (Fsp3) is 0.800. The largest absolute Gasteiger partial charge is 0.475 e. The van der Waals surface area contributed by atoms with Gasteiger partial charge in [-0.25, -0.2) is 0 Å². The molecule has 0 aromatic carbocycles. The van der Waals surface area contributed by atoms with Crippen molar-refractivity contribution in [3.05, 3.63) is 0 Å². The summed E-state index contributed by atoms with van der Waals surface area (Å²) in [6.07, 6.45) is 3.02. The zero-order valence-electron chi connectivity index (χ0n) is 10.9. The van der Waals surface area contributed by atoms with Gasteiger partial charge in [-0.15, -0.1) is 0 Å². The van der Waals surface area contributed by atoms with E-state index in [1.165, 1.54) is 0 Å². The maximum atomic E-state index is 9.30. The highest BCUT2D eigenvalue weighted by Crippen LogP contribution is 2.20. The smallest absolute Gasteiger partial charge is 0.426 e. The summed E-state index contributed by atoms with van der Waals surface area (Å²) < 4.78 is 0. The molecule has 19 heavy (non-hydrogen) atoms. The minimum Gasteiger partial charge on any atom is -0.426 e. The van der Waals surface area contributed by atoms with Crippen LogP contribution < -0.4 is 17.2 Å². The average Bonchev–Trinajstić information content (AvgIpc) is 2.82. The Hall–Kier alpha value is -0.895. The van der Waals surface area contributed by atoms with Crippen molar-refractivity contribution in [3.8, 4) is 0 Å². The van der Waals surface area contributed by atoms with Crippen LogP contribution in [0.1, 0.15) is 25.7 Å². The maximum absolute atomic E-state index is 9.30. The molecule has 0 bridgehead atoms. The Labute approximate surface area is 119 Å². The molecule has 1 rings (SSSR count). The number of nitrogens with zero attached hydrogens (tertiary/aromatic N) is 2. The molecule has 1 saturated heterocycles. The predicted octanol–water partition coefficient (Wildman–Crippen LogP) is -1.83. The summed E-state index contributed by atoms with van der Waals surface area (Å²) in [5.74, 6) is -0.268. The summed E-state index contributed by atoms with van der Waals surface area (Å²) in [6.45, 7) is 1.24. The molecule has 0 radical (unpaired) electrons. The SMILES string of the molecule is NC(N)=NCCC[C@H](N)C(=S)N1CCC[C@H]1B(O)O. The molecule has 1 aliphatic heterocycles. The molecule has 7 nitrogen and oxygen atoms in total. The molecule has 0 aromatic heterocycles. The number of likely N-dealkylation sites (tertiary alicyclic amines) is 1. The van der Waals surface area contributed by atoms with Crippen LogP contribution in [0.5, 0.6) is 0 Å². The van der Waals surface area contributed by atoms with Crippen LogP contribution in [0.2, 0.25) is 0 Å². The topological polar surface area (TPSA) is 134 Å². The van der Waals surface area contributed by atoms with Crippen molar-refractivity contribution in [1.29, 1.82) is 0 Å². The monoisotopic (exact) mass is 287 g/mol. The molecule has 8 N–H and O–H groups in total. The molecular formula is C10H22BN5O2S. The zero-order valence-corrected chi connectivity index (χ0v) is 11.7. The van der Waals surface area contributed by atoms with Crippen LogP contribution in [0, 0.1) is 0 Å². The van der Waals surface area contributed by atoms with E-state index < -0.39 is 7.12 Å². The first kappa shape index (κ1) is 16.2. The molecule has 0 aromatic rings. The first-order valence-corrected chi connectivity index (χ1v) is 6.82. The van der Waals surface area contributed by atoms with E-state index in [9.17, 15) is 10.0 Å². The fourth-order valence-corrected chi connectivity index (χ4v) is 2.58. The Bertz CT molecular complexity index is 338. The van der Waals surface area contributed by atoms with Gasteiger partial charge in [0, 0.05) is 13.1 Å². The van der Waals surface area contributed by atoms with Gasteiger partial charge in [0.25, 0.3) is 0 Å². The third-order valence-electron chi connectivity index (χ3n) is 3.21. The van der Waals surface area contributed by atoms with Gasteiger partial charge in [0.1, 0.15) is 0 Å². The third-order valence-corrected chi connectivity index (χ3v) is 3.75. The molecule has 0 unspecified atom stereocenters. The van der Waals surface area contributed by atoms with Gasteiger partial charge in [0.2, 0.25) is 0 Å². The molecule has 1 heterocycles. The van der Waals surface area contributed by atoms with E-state index in [1.807, 2.05) is 4.90 Å². The van der Waals surface area contributed by atoms with E-state index in [0.29, 0.717) is 18.0 Å². The van der Waals surface area contributed by atoms with Gasteiger partial charge in [-0.2, -0.15) is 0 Å². The van der Waals surface area contributed by atoms with Crippen LogP contribution in [0.15, 0.2) is 4.99 Å². The average molecular weight is 287 g/mol. The lowest BCUT2D eigenvalue weighted by Gasteiger charge is -2.29. The zero-order chi connectivity index (χ0) is 14.4. The minimum absolute atomic E-state index is 0.0687. The molecule has 0 amide bonds. The summed E-state index contributed by atoms with van der Waals surface area (Å²) in [7, 11) is -1.38. The molecule has 2 atom stereocenters. The first-order valence-electron chi connectivity index (χ1n) is 6.41. The summed E-state index contributed by atoms with van der Waals surface area (Å²) in [6, 6.07) is -0.288. The van der Waals surface area contributed by atoms with Crippen molar-refractivity contribution in [2.24, 2.45) is 22.2 Å². The van der Waals surface area contributed by atoms with Gasteiger partial charge in [-0.05, 0) is 25.7 Å². The van der Waals surface area contributed by atoms with Crippen LogP contribution in [0.4, 0.5) is 0 Å². The van der Waals surface area contributed by atoms with Crippen molar-refractivity contribution >= 4 is 30.3 Å². The van der Waals surface area contributed by atoms with Gasteiger partial charge >= 0.3 is 7.12 Å². The van der Waals surface area contributed by atoms with E-state index >= 15 is 0 Å². The van der Waals surface area contributed by atoms with E-state index in [2.05, 4.69) is 4.99 Å². The van der Waals surface area contributed by atoms with Gasteiger partial charge in [0.15, 0.2) is 5.96 Å². The first-order chi connectivity index (χ1) is 8.93. The number of hydrogen-bond acceptors (Lipinski definition) is 5. The molecule has 1 fully saturated rings. The lowest BCUT2D eigenvalue weighted by Crippen LogP contribution is -2.50. The number of hydrogen-bond donors (Lipinski definition) is 5. The van der Waals surface area contributed by atoms with Crippen LogP contribution in [0.3, 0.4) is 0 Å². The minimum atomic E-state index is -1.38. The van der Waals surface area contributed by atoms with Crippen molar-refractivity contribution in [2.45, 2.75) is 37.7 Å². The van der Waals surface area contributed by atoms with E-state index in [0.717, 1.165) is 25.8 Å². The Morgan fingerprint density at radius 2 is 2.16 bits per heavy atom. The summed E-state index contributed by atoms with van der Waals surface area (Å²) in [4.78, 5) is 6.28. The van der Waals surface area contributed by atoms with Crippen LogP contribution >= 0.6 is 12.2 Å². The highest BCUT2D eigenvalue weighted by molar-refractivity contribution is 7.80. The molecule has 9 heteroatoms. The summed E-state index contributed by atoms with van der Waals surface area (Å²) >= 11 is 5.33. The number of guanidine groups is 1.